The van der Waals surface area contributed by atoms with Gasteiger partial charge in [-0.2, -0.15) is 0 Å². The molecule has 0 unspecified atom stereocenters. The first-order valence-corrected chi connectivity index (χ1v) is 6.31. The maximum absolute atomic E-state index is 10.8. The van der Waals surface area contributed by atoms with Crippen molar-refractivity contribution in [3.63, 3.8) is 0 Å². The van der Waals surface area contributed by atoms with Crippen molar-refractivity contribution in [2.45, 2.75) is 23.9 Å². The topological polar surface area (TPSA) is 94.9 Å². The average Bonchev–Trinajstić information content (AvgIpc) is 2.26. The van der Waals surface area contributed by atoms with Gasteiger partial charge < -0.3 is 5.73 Å². The fourth-order valence-corrected chi connectivity index (χ4v) is 2.61. The summed E-state index contributed by atoms with van der Waals surface area (Å²) in [6.45, 7) is 3.86. The molecule has 0 aliphatic carbocycles. The maximum atomic E-state index is 10.8. The molecule has 0 bridgehead atoms. The molecule has 7 heteroatoms. The van der Waals surface area contributed by atoms with Gasteiger partial charge in [-0.1, -0.05) is 0 Å². The van der Waals surface area contributed by atoms with Crippen LogP contribution in [0.2, 0.25) is 0 Å². The number of rotatable bonds is 3. The minimum Gasteiger partial charge on any atom is -0.383 e. The van der Waals surface area contributed by atoms with E-state index in [0.29, 0.717) is 5.03 Å². The van der Waals surface area contributed by atoms with Crippen molar-refractivity contribution in [3.8, 4) is 0 Å². The van der Waals surface area contributed by atoms with Gasteiger partial charge in [0, 0.05) is 11.8 Å². The molecule has 0 saturated carbocycles. The highest BCUT2D eigenvalue weighted by Gasteiger charge is 2.11. The standard InChI is InChI=1S/C12H12N4O2S/c1-7-3-8(2)14-11(4-7)19-12-6-9(16(17)18)5-10(13)15-12/h3-6H,1-2H3,(H2,13,15). The molecule has 6 nitrogen and oxygen atoms in total. The van der Waals surface area contributed by atoms with Crippen LogP contribution in [0.4, 0.5) is 11.5 Å². The Morgan fingerprint density at radius 2 is 1.84 bits per heavy atom. The predicted molar refractivity (Wildman–Crippen MR) is 73.1 cm³/mol. The third kappa shape index (κ3) is 3.41. The van der Waals surface area contributed by atoms with E-state index < -0.39 is 4.92 Å². The summed E-state index contributed by atoms with van der Waals surface area (Å²) in [4.78, 5) is 18.7. The lowest BCUT2D eigenvalue weighted by molar-refractivity contribution is -0.385. The van der Waals surface area contributed by atoms with Gasteiger partial charge in [-0.15, -0.1) is 0 Å². The number of aryl methyl sites for hydroxylation is 2. The molecule has 0 atom stereocenters. The van der Waals surface area contributed by atoms with Gasteiger partial charge in [0.2, 0.25) is 0 Å². The molecule has 2 aromatic rings. The van der Waals surface area contributed by atoms with Crippen molar-refractivity contribution in [1.82, 2.24) is 9.97 Å². The van der Waals surface area contributed by atoms with Gasteiger partial charge in [0.1, 0.15) is 15.9 Å². The van der Waals surface area contributed by atoms with Crippen LogP contribution in [0, 0.1) is 24.0 Å². The summed E-state index contributed by atoms with van der Waals surface area (Å²) >= 11 is 1.25. The van der Waals surface area contributed by atoms with Gasteiger partial charge in [0.05, 0.1) is 11.0 Å². The van der Waals surface area contributed by atoms with Crippen LogP contribution in [0.3, 0.4) is 0 Å². The van der Waals surface area contributed by atoms with Crippen LogP contribution in [0.25, 0.3) is 0 Å². The number of nitrogens with two attached hydrogens (primary N) is 1. The lowest BCUT2D eigenvalue weighted by Crippen LogP contribution is -1.96. The summed E-state index contributed by atoms with van der Waals surface area (Å²) in [5, 5.41) is 12.0. The number of pyridine rings is 2. The molecule has 0 aliphatic heterocycles. The third-order valence-corrected chi connectivity index (χ3v) is 3.14. The van der Waals surface area contributed by atoms with Crippen LogP contribution in [0.5, 0.6) is 0 Å². The Bertz CT molecular complexity index is 625. The largest absolute Gasteiger partial charge is 0.383 e. The first kappa shape index (κ1) is 13.3. The van der Waals surface area contributed by atoms with Crippen molar-refractivity contribution >= 4 is 23.3 Å². The molecule has 0 aliphatic rings. The van der Waals surface area contributed by atoms with Crippen LogP contribution < -0.4 is 5.73 Å². The summed E-state index contributed by atoms with van der Waals surface area (Å²) in [6, 6.07) is 6.48. The van der Waals surface area contributed by atoms with E-state index in [4.69, 9.17) is 5.73 Å². The molecule has 0 saturated heterocycles. The monoisotopic (exact) mass is 276 g/mol. The van der Waals surface area contributed by atoms with E-state index in [1.807, 2.05) is 26.0 Å². The van der Waals surface area contributed by atoms with Crippen LogP contribution in [-0.2, 0) is 0 Å². The van der Waals surface area contributed by atoms with Crippen molar-refractivity contribution < 1.29 is 4.92 Å². The van der Waals surface area contributed by atoms with Gasteiger partial charge in [0.15, 0.2) is 0 Å². The zero-order valence-electron chi connectivity index (χ0n) is 10.5. The summed E-state index contributed by atoms with van der Waals surface area (Å²) in [5.41, 5.74) is 7.46. The second kappa shape index (κ2) is 5.23. The Labute approximate surface area is 114 Å². The Balaban J connectivity index is 2.35. The number of aromatic nitrogens is 2. The maximum Gasteiger partial charge on any atom is 0.275 e. The Kier molecular flexibility index (Phi) is 3.66. The molecular weight excluding hydrogens is 264 g/mol. The van der Waals surface area contributed by atoms with Crippen molar-refractivity contribution in [2.75, 3.05) is 5.73 Å². The quantitative estimate of drug-likeness (QED) is 0.684. The molecule has 98 valence electrons. The van der Waals surface area contributed by atoms with E-state index in [2.05, 4.69) is 9.97 Å². The first-order valence-electron chi connectivity index (χ1n) is 5.49. The number of nitro groups is 1. The van der Waals surface area contributed by atoms with E-state index in [0.717, 1.165) is 16.3 Å². The second-order valence-corrected chi connectivity index (χ2v) is 5.11. The SMILES string of the molecule is Cc1cc(C)nc(Sc2cc([N+](=O)[O-])cc(N)n2)c1. The highest BCUT2D eigenvalue weighted by atomic mass is 32.2. The van der Waals surface area contributed by atoms with E-state index in [1.165, 1.54) is 23.9 Å². The minimum atomic E-state index is -0.489. The van der Waals surface area contributed by atoms with Crippen LogP contribution in [0.15, 0.2) is 34.3 Å². The molecule has 0 spiro atoms. The lowest BCUT2D eigenvalue weighted by Gasteiger charge is -2.04. The zero-order valence-corrected chi connectivity index (χ0v) is 11.3. The molecule has 2 rings (SSSR count). The number of nitrogens with zero attached hydrogens (tertiary/aromatic N) is 3. The molecule has 2 N–H and O–H groups in total. The lowest BCUT2D eigenvalue weighted by atomic mass is 10.3. The van der Waals surface area contributed by atoms with Crippen LogP contribution in [0.1, 0.15) is 11.3 Å². The summed E-state index contributed by atoms with van der Waals surface area (Å²) in [6.07, 6.45) is 0. The summed E-state index contributed by atoms with van der Waals surface area (Å²) in [5.74, 6) is 0.126. The normalized spacial score (nSPS) is 10.4. The Morgan fingerprint density at radius 3 is 2.47 bits per heavy atom. The van der Waals surface area contributed by atoms with Gasteiger partial charge in [-0.25, -0.2) is 9.97 Å². The van der Waals surface area contributed by atoms with Gasteiger partial charge >= 0.3 is 0 Å². The number of nitrogen functional groups attached to an aromatic ring is 1. The summed E-state index contributed by atoms with van der Waals surface area (Å²) < 4.78 is 0. The van der Waals surface area contributed by atoms with E-state index >= 15 is 0 Å². The molecule has 0 fully saturated rings. The third-order valence-electron chi connectivity index (χ3n) is 2.30. The fraction of sp³-hybridized carbons (Fsp3) is 0.167. The van der Waals surface area contributed by atoms with Crippen LogP contribution >= 0.6 is 11.8 Å². The fourth-order valence-electron chi connectivity index (χ4n) is 1.63. The smallest absolute Gasteiger partial charge is 0.275 e. The second-order valence-electron chi connectivity index (χ2n) is 4.07. The Hall–Kier alpha value is -2.15. The van der Waals surface area contributed by atoms with Crippen LogP contribution in [-0.4, -0.2) is 14.9 Å². The van der Waals surface area contributed by atoms with E-state index in [-0.39, 0.29) is 11.5 Å². The average molecular weight is 276 g/mol. The van der Waals surface area contributed by atoms with Gasteiger partial charge in [-0.3, -0.25) is 10.1 Å². The van der Waals surface area contributed by atoms with Gasteiger partial charge in [-0.05, 0) is 43.3 Å². The molecule has 2 heterocycles. The molecular formula is C12H12N4O2S. The van der Waals surface area contributed by atoms with Crippen molar-refractivity contribution in [3.05, 3.63) is 45.6 Å². The molecule has 0 amide bonds. The van der Waals surface area contributed by atoms with Gasteiger partial charge in [0.25, 0.3) is 5.69 Å². The number of hydrogen-bond donors (Lipinski definition) is 1. The van der Waals surface area contributed by atoms with E-state index in [9.17, 15) is 10.1 Å². The molecule has 19 heavy (non-hydrogen) atoms. The number of hydrogen-bond acceptors (Lipinski definition) is 6. The van der Waals surface area contributed by atoms with Crippen molar-refractivity contribution in [2.24, 2.45) is 0 Å². The zero-order chi connectivity index (χ0) is 14.0. The number of anilines is 1. The first-order chi connectivity index (χ1) is 8.94. The Morgan fingerprint density at radius 1 is 1.16 bits per heavy atom. The molecule has 0 radical (unpaired) electrons. The summed E-state index contributed by atoms with van der Waals surface area (Å²) in [7, 11) is 0. The van der Waals surface area contributed by atoms with E-state index in [1.54, 1.807) is 0 Å². The minimum absolute atomic E-state index is 0.0700. The highest BCUT2D eigenvalue weighted by molar-refractivity contribution is 7.99. The highest BCUT2D eigenvalue weighted by Crippen LogP contribution is 2.29. The molecule has 2 aromatic heterocycles. The molecule has 0 aromatic carbocycles. The predicted octanol–water partition coefficient (Wildman–Crippen LogP) is 2.74. The van der Waals surface area contributed by atoms with Crippen molar-refractivity contribution in [1.29, 1.82) is 0 Å².